The van der Waals surface area contributed by atoms with Gasteiger partial charge in [0.25, 0.3) is 0 Å². The van der Waals surface area contributed by atoms with E-state index in [2.05, 4.69) is 158 Å². The van der Waals surface area contributed by atoms with Crippen molar-refractivity contribution < 1.29 is 0 Å². The van der Waals surface area contributed by atoms with Crippen molar-refractivity contribution in [2.75, 3.05) is 0 Å². The monoisotopic (exact) mass is 698 g/mol. The van der Waals surface area contributed by atoms with E-state index in [9.17, 15) is 0 Å². The minimum absolute atomic E-state index is 0.0881. The predicted molar refractivity (Wildman–Crippen MR) is 224 cm³/mol. The van der Waals surface area contributed by atoms with Gasteiger partial charge in [0.05, 0.1) is 0 Å². The molecular weight excluding hydrogens is 650 g/mol. The number of benzene rings is 6. The summed E-state index contributed by atoms with van der Waals surface area (Å²) in [5.41, 5.74) is 17.4. The molecule has 0 saturated heterocycles. The van der Waals surface area contributed by atoms with Crippen LogP contribution < -0.4 is 31.8 Å². The number of rotatable bonds is 2. The van der Waals surface area contributed by atoms with E-state index in [4.69, 9.17) is 0 Å². The zero-order valence-electron chi connectivity index (χ0n) is 31.2. The summed E-state index contributed by atoms with van der Waals surface area (Å²) in [6.07, 6.45) is 4.76. The Hall–Kier alpha value is -3.82. The van der Waals surface area contributed by atoms with Crippen molar-refractivity contribution in [1.82, 2.24) is 0 Å². The van der Waals surface area contributed by atoms with Crippen molar-refractivity contribution in [3.63, 3.8) is 0 Å². The number of fused-ring (bicyclic) bond motifs is 6. The normalized spacial score (nSPS) is 21.6. The largest absolute Gasteiger partial charge is 0.0581 e. The minimum Gasteiger partial charge on any atom is -0.0581 e. The number of aryl methyl sites for hydroxylation is 8. The predicted octanol–water partition coefficient (Wildman–Crippen LogP) is 9.70. The van der Waals surface area contributed by atoms with E-state index in [1.54, 1.807) is 22.3 Å². The van der Waals surface area contributed by atoms with Crippen LogP contribution in [0.15, 0.2) is 109 Å². The second kappa shape index (κ2) is 12.4. The quantitative estimate of drug-likeness (QED) is 0.158. The molecule has 3 aliphatic rings. The maximum absolute atomic E-state index is 2.68. The molecule has 0 nitrogen and oxygen atoms in total. The maximum atomic E-state index is 2.68. The van der Waals surface area contributed by atoms with Gasteiger partial charge in [0, 0.05) is 11.3 Å². The van der Waals surface area contributed by atoms with Gasteiger partial charge in [0.1, 0.15) is 0 Å². The van der Waals surface area contributed by atoms with Crippen LogP contribution in [-0.2, 0) is 18.3 Å². The Morgan fingerprint density at radius 2 is 0.765 bits per heavy atom. The van der Waals surface area contributed by atoms with Gasteiger partial charge >= 0.3 is 0 Å². The Bertz CT molecular complexity index is 2170. The summed E-state index contributed by atoms with van der Waals surface area (Å²) in [6, 6.07) is 44.9. The molecule has 0 aromatic heterocycles. The molecule has 2 atom stereocenters. The summed E-state index contributed by atoms with van der Waals surface area (Å²) in [5.74, 6) is 0.273. The molecule has 2 aliphatic carbocycles. The maximum Gasteiger partial charge on any atom is 0.0215 e. The highest BCUT2D eigenvalue weighted by Gasteiger charge is 2.45. The highest BCUT2D eigenvalue weighted by Crippen LogP contribution is 2.53. The molecule has 9 rings (SSSR count). The molecule has 6 aromatic carbocycles. The lowest BCUT2D eigenvalue weighted by molar-refractivity contribution is 0.508. The summed E-state index contributed by atoms with van der Waals surface area (Å²) in [7, 11) is -1.50. The van der Waals surface area contributed by atoms with Crippen LogP contribution in [0.3, 0.4) is 0 Å². The molecule has 254 valence electrons. The van der Waals surface area contributed by atoms with Gasteiger partial charge in [0.15, 0.2) is 0 Å². The fraction of sp³-hybridized carbons (Fsp3) is 0.265. The second-order valence-electron chi connectivity index (χ2n) is 16.1. The lowest BCUT2D eigenvalue weighted by atomic mass is 9.77. The van der Waals surface area contributed by atoms with Crippen LogP contribution >= 0.6 is 15.8 Å². The average molecular weight is 699 g/mol. The van der Waals surface area contributed by atoms with E-state index < -0.39 is 15.8 Å². The molecule has 0 radical (unpaired) electrons. The molecule has 6 aromatic rings. The number of hydrogen-bond acceptors (Lipinski definition) is 0. The zero-order chi connectivity index (χ0) is 35.2. The van der Waals surface area contributed by atoms with Gasteiger partial charge < -0.3 is 0 Å². The van der Waals surface area contributed by atoms with Crippen molar-refractivity contribution in [2.24, 2.45) is 0 Å². The van der Waals surface area contributed by atoms with Crippen molar-refractivity contribution in [3.8, 4) is 0 Å². The summed E-state index contributed by atoms with van der Waals surface area (Å²) in [5, 5.41) is 8.85. The molecule has 0 fully saturated rings. The van der Waals surface area contributed by atoms with E-state index in [0.717, 1.165) is 0 Å². The van der Waals surface area contributed by atoms with Gasteiger partial charge in [-0.15, -0.1) is 0 Å². The fourth-order valence-electron chi connectivity index (χ4n) is 9.83. The standard InChI is InChI=1S/C49H48P2/c1-30-16-31(2)21-43(20-30)50-41-10-8-37-12-14-49(47(37)28-41)15-13-38-9-11-42(29-48(38)49)51(44-22-32(3)17-33(4)23-44)46-25-35(6)19-40(27-46)36(7)39-18-34(5)24-45(50)26-39/h8-11,16-29,36H,12-15H2,1-7H3. The van der Waals surface area contributed by atoms with Gasteiger partial charge in [0.2, 0.25) is 0 Å². The highest BCUT2D eigenvalue weighted by atomic mass is 31.1. The van der Waals surface area contributed by atoms with Crippen molar-refractivity contribution in [2.45, 2.75) is 85.5 Å². The zero-order valence-corrected chi connectivity index (χ0v) is 33.0. The van der Waals surface area contributed by atoms with E-state index in [0.29, 0.717) is 0 Å². The molecule has 2 unspecified atom stereocenters. The Morgan fingerprint density at radius 1 is 0.412 bits per heavy atom. The Balaban J connectivity index is 1.36. The highest BCUT2D eigenvalue weighted by molar-refractivity contribution is 7.80. The van der Waals surface area contributed by atoms with Crippen LogP contribution in [0.4, 0.5) is 0 Å². The third kappa shape index (κ3) is 5.66. The van der Waals surface area contributed by atoms with Crippen molar-refractivity contribution in [3.05, 3.63) is 176 Å². The van der Waals surface area contributed by atoms with Crippen LogP contribution in [0.1, 0.15) is 92.4 Å². The van der Waals surface area contributed by atoms with E-state index in [1.165, 1.54) is 102 Å². The summed E-state index contributed by atoms with van der Waals surface area (Å²) >= 11 is 0. The Morgan fingerprint density at radius 3 is 1.16 bits per heavy atom. The first-order valence-electron chi connectivity index (χ1n) is 18.8. The third-order valence-electron chi connectivity index (χ3n) is 12.0. The average Bonchev–Trinajstić information content (AvgIpc) is 3.63. The Kier molecular flexibility index (Phi) is 8.04. The van der Waals surface area contributed by atoms with Crippen LogP contribution in [0.25, 0.3) is 0 Å². The van der Waals surface area contributed by atoms with Gasteiger partial charge in [-0.1, -0.05) is 137 Å². The van der Waals surface area contributed by atoms with Gasteiger partial charge in [-0.3, -0.25) is 0 Å². The van der Waals surface area contributed by atoms with Crippen molar-refractivity contribution >= 4 is 47.7 Å². The molecule has 1 heterocycles. The SMILES string of the molecule is Cc1cc(C)cc(P2c3cc(C)cc(c3)C(C)c3cc(C)cc(c3)P(c3cc(C)cc(C)c3)c3ccc4c(c3)C3(CCc5ccc2cc53)CC4)c1. The number of hydrogen-bond donors (Lipinski definition) is 0. The first-order valence-corrected chi connectivity index (χ1v) is 21.5. The molecule has 2 heteroatoms. The van der Waals surface area contributed by atoms with Crippen LogP contribution in [0.5, 0.6) is 0 Å². The molecule has 1 spiro atoms. The lowest BCUT2D eigenvalue weighted by Crippen LogP contribution is -2.28. The lowest BCUT2D eigenvalue weighted by Gasteiger charge is -2.30. The third-order valence-corrected chi connectivity index (χ3v) is 16.7. The minimum atomic E-state index is -0.751. The van der Waals surface area contributed by atoms with Gasteiger partial charge in [-0.05, 0) is 160 Å². The van der Waals surface area contributed by atoms with Crippen LogP contribution in [0.2, 0.25) is 0 Å². The first kappa shape index (κ1) is 33.0. The van der Waals surface area contributed by atoms with Gasteiger partial charge in [-0.25, -0.2) is 0 Å². The van der Waals surface area contributed by atoms with Crippen molar-refractivity contribution in [1.29, 1.82) is 0 Å². The summed E-state index contributed by atoms with van der Waals surface area (Å²) in [6.45, 7) is 16.1. The summed E-state index contributed by atoms with van der Waals surface area (Å²) < 4.78 is 0. The fourth-order valence-corrected chi connectivity index (χ4v) is 15.1. The Labute approximate surface area is 307 Å². The molecule has 51 heavy (non-hydrogen) atoms. The molecular formula is C49H48P2. The van der Waals surface area contributed by atoms with E-state index >= 15 is 0 Å². The first-order chi connectivity index (χ1) is 24.5. The summed E-state index contributed by atoms with van der Waals surface area (Å²) in [4.78, 5) is 0. The van der Waals surface area contributed by atoms with Crippen LogP contribution in [0, 0.1) is 41.5 Å². The van der Waals surface area contributed by atoms with E-state index in [1.807, 2.05) is 0 Å². The van der Waals surface area contributed by atoms with Gasteiger partial charge in [-0.2, -0.15) is 0 Å². The molecule has 0 amide bonds. The van der Waals surface area contributed by atoms with E-state index in [-0.39, 0.29) is 11.3 Å². The topological polar surface area (TPSA) is 0 Å². The molecule has 8 bridgehead atoms. The van der Waals surface area contributed by atoms with Crippen LogP contribution in [-0.4, -0.2) is 0 Å². The molecule has 1 aliphatic heterocycles. The smallest absolute Gasteiger partial charge is 0.0215 e. The second-order valence-corrected chi connectivity index (χ2v) is 20.5. The molecule has 0 saturated carbocycles. The molecule has 0 N–H and O–H groups in total.